The van der Waals surface area contributed by atoms with Crippen LogP contribution in [0.1, 0.15) is 12.8 Å². The van der Waals surface area contributed by atoms with Crippen LogP contribution in [0.3, 0.4) is 0 Å². The lowest BCUT2D eigenvalue weighted by Crippen LogP contribution is -2.36. The average Bonchev–Trinajstić information content (AvgIpc) is 2.71. The summed E-state index contributed by atoms with van der Waals surface area (Å²) >= 11 is 1.98. The van der Waals surface area contributed by atoms with Crippen LogP contribution in [0.25, 0.3) is 0 Å². The quantitative estimate of drug-likeness (QED) is 0.643. The van der Waals surface area contributed by atoms with Gasteiger partial charge in [0, 0.05) is 6.54 Å². The largest absolute Gasteiger partial charge is 0.354 e. The third-order valence-electron chi connectivity index (χ3n) is 2.30. The Morgan fingerprint density at radius 1 is 1.60 bits per heavy atom. The van der Waals surface area contributed by atoms with E-state index < -0.39 is 0 Å². The number of carbonyl (C=O) groups is 1. The zero-order valence-electron chi connectivity index (χ0n) is 8.79. The normalized spacial score (nSPS) is 19.8. The molecule has 1 atom stereocenters. The fourth-order valence-electron chi connectivity index (χ4n) is 1.45. The van der Waals surface area contributed by atoms with Crippen molar-refractivity contribution in [2.75, 3.05) is 31.1 Å². The Morgan fingerprint density at radius 2 is 2.47 bits per heavy atom. The number of nitrogens with zero attached hydrogens (tertiary/aromatic N) is 1. The van der Waals surface area contributed by atoms with Gasteiger partial charge in [-0.2, -0.15) is 17.0 Å². The van der Waals surface area contributed by atoms with E-state index in [2.05, 4.69) is 10.6 Å². The molecule has 15 heavy (non-hydrogen) atoms. The summed E-state index contributed by atoms with van der Waals surface area (Å²) in [6.45, 7) is 1.75. The van der Waals surface area contributed by atoms with Crippen molar-refractivity contribution in [3.05, 3.63) is 0 Å². The van der Waals surface area contributed by atoms with Crippen LogP contribution in [-0.2, 0) is 4.79 Å². The van der Waals surface area contributed by atoms with E-state index in [4.69, 9.17) is 5.26 Å². The van der Waals surface area contributed by atoms with Gasteiger partial charge < -0.3 is 10.6 Å². The summed E-state index contributed by atoms with van der Waals surface area (Å²) in [5, 5.41) is 14.1. The van der Waals surface area contributed by atoms with Gasteiger partial charge in [-0.15, -0.1) is 0 Å². The van der Waals surface area contributed by atoms with Crippen LogP contribution in [-0.4, -0.2) is 37.0 Å². The molecule has 1 unspecified atom stereocenters. The van der Waals surface area contributed by atoms with Gasteiger partial charge in [-0.1, -0.05) is 0 Å². The number of carbonyl (C=O) groups excluding carboxylic acids is 1. The second-order valence-corrected chi connectivity index (χ2v) is 4.77. The van der Waals surface area contributed by atoms with Gasteiger partial charge in [0.1, 0.15) is 0 Å². The summed E-state index contributed by atoms with van der Waals surface area (Å²) in [5.41, 5.74) is 0. The van der Waals surface area contributed by atoms with Gasteiger partial charge >= 0.3 is 0 Å². The number of nitrogens with one attached hydrogen (secondary N) is 2. The molecule has 0 spiro atoms. The lowest BCUT2D eigenvalue weighted by Gasteiger charge is -2.09. The molecule has 1 amide bonds. The highest BCUT2D eigenvalue weighted by molar-refractivity contribution is 7.99. The van der Waals surface area contributed by atoms with E-state index in [0.717, 1.165) is 12.5 Å². The molecule has 2 N–H and O–H groups in total. The van der Waals surface area contributed by atoms with E-state index in [1.54, 1.807) is 0 Å². The Balaban J connectivity index is 1.94. The van der Waals surface area contributed by atoms with Crippen LogP contribution < -0.4 is 10.6 Å². The molecule has 0 aromatic heterocycles. The number of thioether (sulfide) groups is 1. The maximum absolute atomic E-state index is 11.2. The van der Waals surface area contributed by atoms with Crippen molar-refractivity contribution < 1.29 is 4.79 Å². The molecule has 0 bridgehead atoms. The molecular weight excluding hydrogens is 210 g/mol. The summed E-state index contributed by atoms with van der Waals surface area (Å²) in [7, 11) is 0. The average molecular weight is 227 g/mol. The highest BCUT2D eigenvalue weighted by Crippen LogP contribution is 2.22. The van der Waals surface area contributed by atoms with Gasteiger partial charge in [0.05, 0.1) is 19.0 Å². The lowest BCUT2D eigenvalue weighted by molar-refractivity contribution is -0.120. The monoisotopic (exact) mass is 227 g/mol. The van der Waals surface area contributed by atoms with Gasteiger partial charge in [0.25, 0.3) is 0 Å². The molecule has 5 heteroatoms. The fraction of sp³-hybridized carbons (Fsp3) is 0.800. The first-order valence-corrected chi connectivity index (χ1v) is 6.40. The molecule has 1 fully saturated rings. The molecule has 1 rings (SSSR count). The lowest BCUT2D eigenvalue weighted by atomic mass is 10.1. The van der Waals surface area contributed by atoms with E-state index >= 15 is 0 Å². The number of nitriles is 1. The van der Waals surface area contributed by atoms with E-state index in [-0.39, 0.29) is 5.91 Å². The highest BCUT2D eigenvalue weighted by atomic mass is 32.2. The van der Waals surface area contributed by atoms with Crippen molar-refractivity contribution in [3.8, 4) is 6.07 Å². The van der Waals surface area contributed by atoms with Gasteiger partial charge in [0.15, 0.2) is 0 Å². The fourth-order valence-corrected chi connectivity index (χ4v) is 2.74. The van der Waals surface area contributed by atoms with Crippen LogP contribution in [0.5, 0.6) is 0 Å². The summed E-state index contributed by atoms with van der Waals surface area (Å²) in [5.74, 6) is 3.17. The smallest absolute Gasteiger partial charge is 0.233 e. The predicted octanol–water partition coefficient (Wildman–Crippen LogP) is 0.359. The number of hydrogen-bond acceptors (Lipinski definition) is 4. The van der Waals surface area contributed by atoms with E-state index in [1.807, 2.05) is 17.8 Å². The third-order valence-corrected chi connectivity index (χ3v) is 3.53. The number of amides is 1. The molecule has 84 valence electrons. The second-order valence-electron chi connectivity index (χ2n) is 3.62. The highest BCUT2D eigenvalue weighted by Gasteiger charge is 2.14. The maximum Gasteiger partial charge on any atom is 0.233 e. The van der Waals surface area contributed by atoms with Crippen LogP contribution in [0, 0.1) is 17.2 Å². The van der Waals surface area contributed by atoms with Gasteiger partial charge in [-0.25, -0.2) is 0 Å². The van der Waals surface area contributed by atoms with Crippen molar-refractivity contribution in [1.29, 1.82) is 5.26 Å². The van der Waals surface area contributed by atoms with Crippen LogP contribution in [0.2, 0.25) is 0 Å². The first kappa shape index (κ1) is 12.3. The molecule has 1 aliphatic heterocycles. The summed E-state index contributed by atoms with van der Waals surface area (Å²) in [6, 6.07) is 1.99. The van der Waals surface area contributed by atoms with Crippen molar-refractivity contribution in [1.82, 2.24) is 10.6 Å². The number of hydrogen-bond donors (Lipinski definition) is 2. The second kappa shape index (κ2) is 7.55. The van der Waals surface area contributed by atoms with Gasteiger partial charge in [-0.3, -0.25) is 4.79 Å². The summed E-state index contributed by atoms with van der Waals surface area (Å²) in [4.78, 5) is 11.2. The molecular formula is C10H17N3OS. The first-order chi connectivity index (χ1) is 7.33. The number of rotatable bonds is 6. The Kier molecular flexibility index (Phi) is 6.21. The predicted molar refractivity (Wildman–Crippen MR) is 61.5 cm³/mol. The van der Waals surface area contributed by atoms with E-state index in [1.165, 1.54) is 17.9 Å². The van der Waals surface area contributed by atoms with Crippen molar-refractivity contribution in [2.24, 2.45) is 5.92 Å². The van der Waals surface area contributed by atoms with Gasteiger partial charge in [-0.05, 0) is 30.4 Å². The molecule has 0 aliphatic carbocycles. The minimum Gasteiger partial charge on any atom is -0.354 e. The molecule has 0 saturated carbocycles. The molecule has 1 saturated heterocycles. The third kappa shape index (κ3) is 5.65. The molecule has 0 aromatic carbocycles. The Morgan fingerprint density at radius 3 is 3.13 bits per heavy atom. The maximum atomic E-state index is 11.2. The molecule has 1 heterocycles. The van der Waals surface area contributed by atoms with Crippen LogP contribution in [0.15, 0.2) is 0 Å². The molecule has 0 aromatic rings. The zero-order chi connectivity index (χ0) is 10.9. The topological polar surface area (TPSA) is 64.9 Å². The van der Waals surface area contributed by atoms with Crippen molar-refractivity contribution in [2.45, 2.75) is 12.8 Å². The van der Waals surface area contributed by atoms with Gasteiger partial charge in [0.2, 0.25) is 5.91 Å². The van der Waals surface area contributed by atoms with Crippen LogP contribution >= 0.6 is 11.8 Å². The Bertz CT molecular complexity index is 233. The SMILES string of the molecule is N#CCCNC(=O)CNCC1CCSC1. The molecule has 1 aliphatic rings. The zero-order valence-corrected chi connectivity index (χ0v) is 9.61. The van der Waals surface area contributed by atoms with E-state index in [0.29, 0.717) is 19.5 Å². The summed E-state index contributed by atoms with van der Waals surface area (Å²) in [6.07, 6.45) is 1.64. The molecule has 0 radical (unpaired) electrons. The molecule has 4 nitrogen and oxygen atoms in total. The Labute approximate surface area is 94.8 Å². The standard InChI is InChI=1S/C10H17N3OS/c11-3-1-4-13-10(14)7-12-6-9-2-5-15-8-9/h9,12H,1-2,4-8H2,(H,13,14). The van der Waals surface area contributed by atoms with Crippen molar-refractivity contribution in [3.63, 3.8) is 0 Å². The minimum absolute atomic E-state index is 0.0177. The minimum atomic E-state index is -0.0177. The Hall–Kier alpha value is -0.730. The first-order valence-electron chi connectivity index (χ1n) is 5.25. The van der Waals surface area contributed by atoms with Crippen LogP contribution in [0.4, 0.5) is 0 Å². The van der Waals surface area contributed by atoms with E-state index in [9.17, 15) is 4.79 Å². The van der Waals surface area contributed by atoms with Crippen molar-refractivity contribution >= 4 is 17.7 Å². The summed E-state index contributed by atoms with van der Waals surface area (Å²) < 4.78 is 0.